The molecule has 0 bridgehead atoms. The van der Waals surface area contributed by atoms with Crippen LogP contribution in [-0.2, 0) is 19.4 Å². The number of benzene rings is 2. The van der Waals surface area contributed by atoms with Crippen LogP contribution in [0.4, 0.5) is 0 Å². The SMILES string of the molecule is O[C@H](CCl)Cn1c2c(c3ccccc31)CCc1c-2cnn1-c1ccccc1. The topological polar surface area (TPSA) is 43.0 Å². The number of aliphatic hydroxyl groups excluding tert-OH is 1. The molecule has 1 atom stereocenters. The van der Waals surface area contributed by atoms with Gasteiger partial charge in [0, 0.05) is 16.5 Å². The fourth-order valence-electron chi connectivity index (χ4n) is 4.23. The van der Waals surface area contributed by atoms with Gasteiger partial charge in [-0.1, -0.05) is 36.4 Å². The van der Waals surface area contributed by atoms with Gasteiger partial charge in [-0.25, -0.2) is 4.68 Å². The molecule has 4 nitrogen and oxygen atoms in total. The summed E-state index contributed by atoms with van der Waals surface area (Å²) in [7, 11) is 0. The molecule has 1 aliphatic rings. The maximum absolute atomic E-state index is 10.2. The number of aliphatic hydroxyl groups is 1. The van der Waals surface area contributed by atoms with Crippen LogP contribution in [0.2, 0.25) is 0 Å². The van der Waals surface area contributed by atoms with Crippen molar-refractivity contribution in [2.45, 2.75) is 25.5 Å². The summed E-state index contributed by atoms with van der Waals surface area (Å²) in [5.41, 5.74) is 7.10. The second kappa shape index (κ2) is 6.55. The highest BCUT2D eigenvalue weighted by Crippen LogP contribution is 2.40. The van der Waals surface area contributed by atoms with E-state index in [4.69, 9.17) is 16.7 Å². The molecule has 5 rings (SSSR count). The minimum atomic E-state index is -0.582. The number of para-hydroxylation sites is 2. The van der Waals surface area contributed by atoms with Gasteiger partial charge < -0.3 is 9.67 Å². The monoisotopic (exact) mass is 377 g/mol. The van der Waals surface area contributed by atoms with E-state index in [1.165, 1.54) is 22.3 Å². The van der Waals surface area contributed by atoms with E-state index in [0.717, 1.165) is 29.6 Å². The number of alkyl halides is 1. The molecule has 0 aliphatic heterocycles. The predicted octanol–water partition coefficient (Wildman–Crippen LogP) is 4.19. The first-order valence-electron chi connectivity index (χ1n) is 9.24. The van der Waals surface area contributed by atoms with Crippen molar-refractivity contribution in [1.82, 2.24) is 14.3 Å². The highest BCUT2D eigenvalue weighted by atomic mass is 35.5. The van der Waals surface area contributed by atoms with Gasteiger partial charge in [-0.05, 0) is 36.6 Å². The maximum atomic E-state index is 10.2. The number of rotatable bonds is 4. The molecule has 0 fully saturated rings. The molecule has 0 unspecified atom stereocenters. The van der Waals surface area contributed by atoms with Crippen LogP contribution in [0.25, 0.3) is 27.8 Å². The Morgan fingerprint density at radius 3 is 2.63 bits per heavy atom. The predicted molar refractivity (Wildman–Crippen MR) is 109 cm³/mol. The molecule has 2 aromatic carbocycles. The normalized spacial score (nSPS) is 14.1. The molecule has 5 heteroatoms. The van der Waals surface area contributed by atoms with Crippen molar-refractivity contribution in [2.75, 3.05) is 5.88 Å². The summed E-state index contributed by atoms with van der Waals surface area (Å²) in [5, 5.41) is 16.2. The number of aromatic nitrogens is 3. The zero-order valence-corrected chi connectivity index (χ0v) is 15.6. The maximum Gasteiger partial charge on any atom is 0.0854 e. The van der Waals surface area contributed by atoms with Crippen LogP contribution in [0.15, 0.2) is 60.8 Å². The molecule has 4 aromatic rings. The van der Waals surface area contributed by atoms with Crippen molar-refractivity contribution in [2.24, 2.45) is 0 Å². The molecule has 1 aliphatic carbocycles. The molecule has 0 radical (unpaired) electrons. The summed E-state index contributed by atoms with van der Waals surface area (Å²) in [5.74, 6) is 0.220. The quantitative estimate of drug-likeness (QED) is 0.542. The van der Waals surface area contributed by atoms with Crippen LogP contribution in [0.1, 0.15) is 11.3 Å². The van der Waals surface area contributed by atoms with Crippen molar-refractivity contribution >= 4 is 22.5 Å². The Balaban J connectivity index is 1.74. The Kier molecular flexibility index (Phi) is 4.03. The van der Waals surface area contributed by atoms with E-state index in [2.05, 4.69) is 34.9 Å². The van der Waals surface area contributed by atoms with Gasteiger partial charge in [-0.3, -0.25) is 0 Å². The average Bonchev–Trinajstić information content (AvgIpc) is 3.28. The largest absolute Gasteiger partial charge is 0.390 e. The molecular weight excluding hydrogens is 358 g/mol. The second-order valence-electron chi connectivity index (χ2n) is 7.02. The first-order chi connectivity index (χ1) is 13.3. The number of aryl methyl sites for hydroxylation is 1. The minimum absolute atomic E-state index is 0.220. The van der Waals surface area contributed by atoms with Crippen LogP contribution in [0, 0.1) is 0 Å². The molecule has 27 heavy (non-hydrogen) atoms. The molecule has 0 saturated heterocycles. The second-order valence-corrected chi connectivity index (χ2v) is 7.32. The Morgan fingerprint density at radius 2 is 1.81 bits per heavy atom. The Morgan fingerprint density at radius 1 is 1.04 bits per heavy atom. The lowest BCUT2D eigenvalue weighted by Crippen LogP contribution is -2.19. The van der Waals surface area contributed by atoms with E-state index in [0.29, 0.717) is 6.54 Å². The standard InChI is InChI=1S/C22H20ClN3O/c23-12-16(27)14-25-20-9-5-4-8-17(20)18-10-11-21-19(22(18)25)13-24-26(21)15-6-2-1-3-7-15/h1-9,13,16,27H,10-12,14H2/t16-/m1/s1. The Bertz CT molecular complexity index is 1110. The van der Waals surface area contributed by atoms with Crippen molar-refractivity contribution in [3.63, 3.8) is 0 Å². The zero-order valence-electron chi connectivity index (χ0n) is 14.8. The van der Waals surface area contributed by atoms with Crippen LogP contribution < -0.4 is 0 Å². The van der Waals surface area contributed by atoms with Crippen molar-refractivity contribution in [3.8, 4) is 16.9 Å². The lowest BCUT2D eigenvalue weighted by molar-refractivity contribution is 0.179. The molecule has 0 saturated carbocycles. The van der Waals surface area contributed by atoms with Gasteiger partial charge >= 0.3 is 0 Å². The molecule has 0 amide bonds. The van der Waals surface area contributed by atoms with Crippen molar-refractivity contribution in [3.05, 3.63) is 72.1 Å². The average molecular weight is 378 g/mol. The molecule has 2 aromatic heterocycles. The van der Waals surface area contributed by atoms with E-state index >= 15 is 0 Å². The number of halogens is 1. The van der Waals surface area contributed by atoms with E-state index in [1.54, 1.807) is 0 Å². The first-order valence-corrected chi connectivity index (χ1v) is 9.78. The van der Waals surface area contributed by atoms with Crippen LogP contribution >= 0.6 is 11.6 Å². The Labute approximate surface area is 162 Å². The van der Waals surface area contributed by atoms with E-state index in [-0.39, 0.29) is 5.88 Å². The fourth-order valence-corrected chi connectivity index (χ4v) is 4.33. The van der Waals surface area contributed by atoms with E-state index in [1.807, 2.05) is 35.1 Å². The first kappa shape index (κ1) is 16.6. The van der Waals surface area contributed by atoms with Gasteiger partial charge in [0.25, 0.3) is 0 Å². The summed E-state index contributed by atoms with van der Waals surface area (Å²) >= 11 is 5.91. The van der Waals surface area contributed by atoms with Gasteiger partial charge in [-0.15, -0.1) is 11.6 Å². The molecule has 2 heterocycles. The van der Waals surface area contributed by atoms with E-state index < -0.39 is 6.10 Å². The van der Waals surface area contributed by atoms with Crippen molar-refractivity contribution < 1.29 is 5.11 Å². The van der Waals surface area contributed by atoms with E-state index in [9.17, 15) is 5.11 Å². The highest BCUT2D eigenvalue weighted by Gasteiger charge is 2.28. The minimum Gasteiger partial charge on any atom is -0.390 e. The lowest BCUT2D eigenvalue weighted by Gasteiger charge is -2.19. The molecular formula is C22H20ClN3O. The smallest absolute Gasteiger partial charge is 0.0854 e. The van der Waals surface area contributed by atoms with Gasteiger partial charge in [-0.2, -0.15) is 5.10 Å². The van der Waals surface area contributed by atoms with Gasteiger partial charge in [0.15, 0.2) is 0 Å². The third-order valence-corrected chi connectivity index (χ3v) is 5.74. The summed E-state index contributed by atoms with van der Waals surface area (Å²) < 4.78 is 4.25. The fraction of sp³-hybridized carbons (Fsp3) is 0.227. The number of fused-ring (bicyclic) bond motifs is 5. The van der Waals surface area contributed by atoms with Gasteiger partial charge in [0.2, 0.25) is 0 Å². The molecule has 136 valence electrons. The lowest BCUT2D eigenvalue weighted by atomic mass is 9.93. The Hall–Kier alpha value is -2.56. The van der Waals surface area contributed by atoms with Gasteiger partial charge in [0.05, 0.1) is 41.8 Å². The van der Waals surface area contributed by atoms with Crippen LogP contribution in [-0.4, -0.2) is 31.4 Å². The number of hydrogen-bond donors (Lipinski definition) is 1. The summed E-state index contributed by atoms with van der Waals surface area (Å²) in [6.07, 6.45) is 3.29. The third kappa shape index (κ3) is 2.59. The zero-order chi connectivity index (χ0) is 18.4. The van der Waals surface area contributed by atoms with Crippen LogP contribution in [0.5, 0.6) is 0 Å². The number of nitrogens with zero attached hydrogens (tertiary/aromatic N) is 3. The van der Waals surface area contributed by atoms with Gasteiger partial charge in [0.1, 0.15) is 0 Å². The summed E-state index contributed by atoms with van der Waals surface area (Å²) in [6, 6.07) is 18.7. The molecule has 1 N–H and O–H groups in total. The van der Waals surface area contributed by atoms with Crippen LogP contribution in [0.3, 0.4) is 0 Å². The third-order valence-electron chi connectivity index (χ3n) is 5.38. The summed E-state index contributed by atoms with van der Waals surface area (Å²) in [6.45, 7) is 0.481. The highest BCUT2D eigenvalue weighted by molar-refractivity contribution is 6.18. The van der Waals surface area contributed by atoms with Crippen molar-refractivity contribution in [1.29, 1.82) is 0 Å². The molecule has 0 spiro atoms. The summed E-state index contributed by atoms with van der Waals surface area (Å²) in [4.78, 5) is 0. The number of hydrogen-bond acceptors (Lipinski definition) is 2.